The Morgan fingerprint density at radius 1 is 0.268 bits per heavy atom. The number of rotatable bonds is 6. The van der Waals surface area contributed by atoms with Gasteiger partial charge >= 0.3 is 0 Å². The van der Waals surface area contributed by atoms with Gasteiger partial charge in [0.2, 0.25) is 0 Å². The van der Waals surface area contributed by atoms with Crippen LogP contribution in [0.4, 0.5) is 0 Å². The van der Waals surface area contributed by atoms with Gasteiger partial charge in [0.05, 0.1) is 0 Å². The first-order valence-corrected chi connectivity index (χ1v) is 20.3. The van der Waals surface area contributed by atoms with Gasteiger partial charge in [0, 0.05) is 57.0 Å². The van der Waals surface area contributed by atoms with Gasteiger partial charge < -0.3 is 0 Å². The van der Waals surface area contributed by atoms with E-state index < -0.39 is 0 Å². The molecule has 8 aromatic carbocycles. The molecule has 0 N–H and O–H groups in total. The summed E-state index contributed by atoms with van der Waals surface area (Å²) in [6.45, 7) is 0. The normalized spacial score (nSPS) is 11.6. The van der Waals surface area contributed by atoms with Crippen molar-refractivity contribution in [3.8, 4) is 67.5 Å². The van der Waals surface area contributed by atoms with Gasteiger partial charge in [-0.25, -0.2) is 15.0 Å². The Balaban J connectivity index is 1.06. The Labute approximate surface area is 331 Å². The monoisotopic (exact) mass is 749 g/mol. The smallest absolute Gasteiger partial charge is 0.164 e. The summed E-state index contributed by atoms with van der Waals surface area (Å²) in [5.74, 6) is 1.96. The highest BCUT2D eigenvalue weighted by atomic mass is 32.1. The van der Waals surface area contributed by atoms with Gasteiger partial charge in [-0.3, -0.25) is 0 Å². The molecular formula is C51H31N3S2. The SMILES string of the molecule is c1ccc(-c2nc(-c3ccccc3)nc(-c3ccc(-c4ccc(-c5cccc6sc7ccccc7c56)c(-c5ccc6sc7ccccc7c6c5)c4)cc3)n2)cc1. The number of nitrogens with zero attached hydrogens (tertiary/aromatic N) is 3. The zero-order chi connectivity index (χ0) is 37.0. The first-order chi connectivity index (χ1) is 27.7. The maximum absolute atomic E-state index is 4.96. The van der Waals surface area contributed by atoms with Crippen LogP contribution in [-0.4, -0.2) is 15.0 Å². The Bertz CT molecular complexity index is 3180. The molecule has 0 amide bonds. The van der Waals surface area contributed by atoms with Gasteiger partial charge in [0.25, 0.3) is 0 Å². The minimum absolute atomic E-state index is 0.646. The maximum Gasteiger partial charge on any atom is 0.164 e. The Morgan fingerprint density at radius 2 is 0.768 bits per heavy atom. The van der Waals surface area contributed by atoms with E-state index in [-0.39, 0.29) is 0 Å². The van der Waals surface area contributed by atoms with E-state index in [1.807, 2.05) is 83.3 Å². The lowest BCUT2D eigenvalue weighted by Crippen LogP contribution is -2.00. The average molecular weight is 750 g/mol. The summed E-state index contributed by atoms with van der Waals surface area (Å²) < 4.78 is 5.23. The average Bonchev–Trinajstić information content (AvgIpc) is 3.85. The number of hydrogen-bond donors (Lipinski definition) is 0. The van der Waals surface area contributed by atoms with Crippen molar-refractivity contribution >= 4 is 63.0 Å². The largest absolute Gasteiger partial charge is 0.208 e. The summed E-state index contributed by atoms with van der Waals surface area (Å²) in [5.41, 5.74) is 10.0. The number of benzene rings is 8. The van der Waals surface area contributed by atoms with E-state index in [1.165, 1.54) is 62.6 Å². The Hall–Kier alpha value is -6.79. The van der Waals surface area contributed by atoms with E-state index in [2.05, 4.69) is 127 Å². The predicted molar refractivity (Wildman–Crippen MR) is 238 cm³/mol. The summed E-state index contributed by atoms with van der Waals surface area (Å²) >= 11 is 3.72. The van der Waals surface area contributed by atoms with Crippen LogP contribution >= 0.6 is 22.7 Å². The third-order valence-corrected chi connectivity index (χ3v) is 12.9. The highest BCUT2D eigenvalue weighted by Crippen LogP contribution is 2.45. The number of aromatic nitrogens is 3. The molecule has 0 aliphatic rings. The maximum atomic E-state index is 4.96. The minimum atomic E-state index is 0.646. The van der Waals surface area contributed by atoms with Crippen molar-refractivity contribution in [2.24, 2.45) is 0 Å². The molecule has 0 bridgehead atoms. The van der Waals surface area contributed by atoms with Gasteiger partial charge in [0.15, 0.2) is 17.5 Å². The molecule has 0 fully saturated rings. The van der Waals surface area contributed by atoms with E-state index in [4.69, 9.17) is 15.0 Å². The summed E-state index contributed by atoms with van der Waals surface area (Å²) in [6, 6.07) is 67.0. The van der Waals surface area contributed by atoms with Crippen LogP contribution in [-0.2, 0) is 0 Å². The standard InChI is InChI=1S/C51H31N3S2/c1-3-12-33(13-4-1)49-52-50(34-14-5-2-6-15-34)54-51(53-49)35-24-22-32(23-25-35)36-26-28-38(40-18-11-21-47-48(40)41-17-8-10-20-45(41)56-47)42(30-36)37-27-29-46-43(31-37)39-16-7-9-19-44(39)55-46/h1-31H. The van der Waals surface area contributed by atoms with Crippen LogP contribution < -0.4 is 0 Å². The number of fused-ring (bicyclic) bond motifs is 6. The minimum Gasteiger partial charge on any atom is -0.208 e. The number of hydrogen-bond acceptors (Lipinski definition) is 5. The molecule has 3 heterocycles. The van der Waals surface area contributed by atoms with Crippen LogP contribution in [0.25, 0.3) is 108 Å². The van der Waals surface area contributed by atoms with Crippen molar-refractivity contribution in [2.45, 2.75) is 0 Å². The molecule has 262 valence electrons. The molecule has 0 spiro atoms. The zero-order valence-electron chi connectivity index (χ0n) is 30.1. The van der Waals surface area contributed by atoms with Crippen LogP contribution in [0.5, 0.6) is 0 Å². The molecule has 3 aromatic heterocycles. The predicted octanol–water partition coefficient (Wildman–Crippen LogP) is 14.6. The van der Waals surface area contributed by atoms with Crippen LogP contribution in [0.3, 0.4) is 0 Å². The fourth-order valence-corrected chi connectivity index (χ4v) is 10.1. The van der Waals surface area contributed by atoms with E-state index in [0.717, 1.165) is 27.8 Å². The lowest BCUT2D eigenvalue weighted by Gasteiger charge is -2.15. The molecule has 5 heteroatoms. The third kappa shape index (κ3) is 5.68. The van der Waals surface area contributed by atoms with Crippen molar-refractivity contribution in [1.29, 1.82) is 0 Å². The van der Waals surface area contributed by atoms with Gasteiger partial charge in [0.1, 0.15) is 0 Å². The van der Waals surface area contributed by atoms with E-state index in [1.54, 1.807) is 0 Å². The molecule has 0 aliphatic heterocycles. The second-order valence-corrected chi connectivity index (χ2v) is 16.1. The molecule has 11 aromatic rings. The quantitative estimate of drug-likeness (QED) is 0.170. The highest BCUT2D eigenvalue weighted by molar-refractivity contribution is 7.26. The van der Waals surface area contributed by atoms with Crippen LogP contribution in [0.15, 0.2) is 188 Å². The summed E-state index contributed by atoms with van der Waals surface area (Å²) in [6.07, 6.45) is 0. The Kier molecular flexibility index (Phi) is 7.87. The fraction of sp³-hybridized carbons (Fsp3) is 0. The third-order valence-electron chi connectivity index (χ3n) is 10.6. The lowest BCUT2D eigenvalue weighted by atomic mass is 9.88. The van der Waals surface area contributed by atoms with Gasteiger partial charge in [-0.05, 0) is 69.8 Å². The van der Waals surface area contributed by atoms with Gasteiger partial charge in [-0.2, -0.15) is 0 Å². The van der Waals surface area contributed by atoms with E-state index >= 15 is 0 Å². The van der Waals surface area contributed by atoms with Gasteiger partial charge in [-0.1, -0.05) is 152 Å². The molecule has 0 atom stereocenters. The van der Waals surface area contributed by atoms with Gasteiger partial charge in [-0.15, -0.1) is 22.7 Å². The Morgan fingerprint density at radius 3 is 1.46 bits per heavy atom. The summed E-state index contributed by atoms with van der Waals surface area (Å²) in [5, 5.41) is 5.22. The van der Waals surface area contributed by atoms with Crippen molar-refractivity contribution in [2.75, 3.05) is 0 Å². The topological polar surface area (TPSA) is 38.7 Å². The van der Waals surface area contributed by atoms with Crippen molar-refractivity contribution in [1.82, 2.24) is 15.0 Å². The highest BCUT2D eigenvalue weighted by Gasteiger charge is 2.18. The first kappa shape index (κ1) is 32.6. The number of thiophene rings is 2. The van der Waals surface area contributed by atoms with Crippen molar-refractivity contribution in [3.05, 3.63) is 188 Å². The molecule has 0 radical (unpaired) electrons. The van der Waals surface area contributed by atoms with Crippen LogP contribution in [0, 0.1) is 0 Å². The summed E-state index contributed by atoms with van der Waals surface area (Å²) in [7, 11) is 0. The van der Waals surface area contributed by atoms with E-state index in [9.17, 15) is 0 Å². The molecule has 0 saturated carbocycles. The molecule has 11 rings (SSSR count). The van der Waals surface area contributed by atoms with Crippen LogP contribution in [0.2, 0.25) is 0 Å². The van der Waals surface area contributed by atoms with Crippen molar-refractivity contribution < 1.29 is 0 Å². The van der Waals surface area contributed by atoms with Crippen molar-refractivity contribution in [3.63, 3.8) is 0 Å². The fourth-order valence-electron chi connectivity index (χ4n) is 7.84. The molecular weight excluding hydrogens is 719 g/mol. The first-order valence-electron chi connectivity index (χ1n) is 18.7. The lowest BCUT2D eigenvalue weighted by molar-refractivity contribution is 1.07. The molecule has 0 unspecified atom stereocenters. The molecule has 56 heavy (non-hydrogen) atoms. The second-order valence-electron chi connectivity index (χ2n) is 14.0. The molecule has 0 saturated heterocycles. The summed E-state index contributed by atoms with van der Waals surface area (Å²) in [4.78, 5) is 14.8. The van der Waals surface area contributed by atoms with Crippen LogP contribution in [0.1, 0.15) is 0 Å². The molecule has 0 aliphatic carbocycles. The second kappa shape index (κ2) is 13.5. The van der Waals surface area contributed by atoms with E-state index in [0.29, 0.717) is 17.5 Å². The zero-order valence-corrected chi connectivity index (χ0v) is 31.7. The molecule has 3 nitrogen and oxygen atoms in total.